The van der Waals surface area contributed by atoms with E-state index in [1.54, 1.807) is 78.9 Å². The van der Waals surface area contributed by atoms with E-state index in [0.717, 1.165) is 0 Å². The lowest BCUT2D eigenvalue weighted by Crippen LogP contribution is -2.18. The number of nitro benzene ring substituents is 1. The van der Waals surface area contributed by atoms with Crippen LogP contribution in [0.1, 0.15) is 11.3 Å². The smallest absolute Gasteiger partial charge is 0.457 e. The Hall–Kier alpha value is -4.29. The van der Waals surface area contributed by atoms with Crippen molar-refractivity contribution in [2.45, 2.75) is 5.78 Å². The van der Waals surface area contributed by atoms with Gasteiger partial charge in [0.1, 0.15) is 17.2 Å². The van der Waals surface area contributed by atoms with Crippen LogP contribution < -0.4 is 14.4 Å². The molecule has 0 aliphatic heterocycles. The number of benzene rings is 4. The molecule has 0 saturated heterocycles. The molecule has 34 heavy (non-hydrogen) atoms. The lowest BCUT2D eigenvalue weighted by Gasteiger charge is -2.29. The van der Waals surface area contributed by atoms with E-state index < -0.39 is 18.3 Å². The van der Waals surface area contributed by atoms with E-state index >= 15 is 0 Å². The number of rotatable bonds is 9. The van der Waals surface area contributed by atoms with Crippen LogP contribution in [-0.2, 0) is 4.57 Å². The third-order valence-corrected chi connectivity index (χ3v) is 6.85. The SMILES string of the molecule is O=[N+]([O-])c1ccc(NC(c2ccccc2O)P(=O)(Oc2ccccc2)Oc2ccccc2)cc1. The molecule has 0 bridgehead atoms. The van der Waals surface area contributed by atoms with Gasteiger partial charge in [-0.25, -0.2) is 4.57 Å². The monoisotopic (exact) mass is 476 g/mol. The first-order valence-electron chi connectivity index (χ1n) is 10.3. The van der Waals surface area contributed by atoms with Crippen LogP contribution in [0.5, 0.6) is 17.2 Å². The van der Waals surface area contributed by atoms with Gasteiger partial charge in [0, 0.05) is 23.4 Å². The highest BCUT2D eigenvalue weighted by molar-refractivity contribution is 7.55. The number of phenols is 1. The molecule has 4 aromatic carbocycles. The van der Waals surface area contributed by atoms with Crippen molar-refractivity contribution < 1.29 is 23.6 Å². The van der Waals surface area contributed by atoms with Crippen molar-refractivity contribution in [1.29, 1.82) is 0 Å². The Bertz CT molecular complexity index is 1250. The molecule has 8 nitrogen and oxygen atoms in total. The van der Waals surface area contributed by atoms with Crippen molar-refractivity contribution in [2.75, 3.05) is 5.32 Å². The molecule has 1 unspecified atom stereocenters. The fraction of sp³-hybridized carbons (Fsp3) is 0.0400. The summed E-state index contributed by atoms with van der Waals surface area (Å²) in [5.74, 6) is -0.647. The van der Waals surface area contributed by atoms with Crippen molar-refractivity contribution in [3.63, 3.8) is 0 Å². The first-order valence-corrected chi connectivity index (χ1v) is 11.9. The average Bonchev–Trinajstić information content (AvgIpc) is 2.84. The van der Waals surface area contributed by atoms with Gasteiger partial charge in [-0.2, -0.15) is 0 Å². The van der Waals surface area contributed by atoms with Gasteiger partial charge in [-0.15, -0.1) is 0 Å². The number of phenolic OH excluding ortho intramolecular Hbond substituents is 1. The molecule has 0 aliphatic rings. The van der Waals surface area contributed by atoms with Gasteiger partial charge in [0.15, 0.2) is 5.78 Å². The molecule has 1 atom stereocenters. The Morgan fingerprint density at radius 3 is 1.76 bits per heavy atom. The Morgan fingerprint density at radius 2 is 1.26 bits per heavy atom. The molecular weight excluding hydrogens is 455 g/mol. The van der Waals surface area contributed by atoms with Crippen molar-refractivity contribution in [2.24, 2.45) is 0 Å². The van der Waals surface area contributed by atoms with Gasteiger partial charge < -0.3 is 19.5 Å². The summed E-state index contributed by atoms with van der Waals surface area (Å²) < 4.78 is 26.4. The highest BCUT2D eigenvalue weighted by Crippen LogP contribution is 2.61. The first-order chi connectivity index (χ1) is 16.4. The van der Waals surface area contributed by atoms with Crippen LogP contribution in [0, 0.1) is 10.1 Å². The van der Waals surface area contributed by atoms with E-state index in [9.17, 15) is 19.8 Å². The molecule has 0 fully saturated rings. The predicted octanol–water partition coefficient (Wildman–Crippen LogP) is 6.76. The number of non-ortho nitro benzene ring substituents is 1. The van der Waals surface area contributed by atoms with Crippen molar-refractivity contribution >= 4 is 19.0 Å². The molecule has 0 radical (unpaired) electrons. The average molecular weight is 476 g/mol. The topological polar surface area (TPSA) is 111 Å². The number of hydrogen-bond donors (Lipinski definition) is 2. The zero-order valence-electron chi connectivity index (χ0n) is 17.9. The lowest BCUT2D eigenvalue weighted by atomic mass is 10.2. The van der Waals surface area contributed by atoms with Crippen LogP contribution in [0.25, 0.3) is 0 Å². The molecule has 0 aliphatic carbocycles. The molecule has 0 saturated carbocycles. The van der Waals surface area contributed by atoms with Crippen molar-refractivity contribution in [3.05, 3.63) is 125 Å². The minimum absolute atomic E-state index is 0.0890. The van der Waals surface area contributed by atoms with Gasteiger partial charge in [-0.05, 0) is 42.5 Å². The number of aromatic hydroxyl groups is 1. The molecular formula is C25H21N2O6P. The molecule has 0 aromatic heterocycles. The highest BCUT2D eigenvalue weighted by atomic mass is 31.2. The molecule has 172 valence electrons. The summed E-state index contributed by atoms with van der Waals surface area (Å²) in [6.07, 6.45) is 0. The normalized spacial score (nSPS) is 11.9. The van der Waals surface area contributed by atoms with Crippen LogP contribution in [0.15, 0.2) is 109 Å². The maximum absolute atomic E-state index is 14.5. The Labute approximate surface area is 196 Å². The van der Waals surface area contributed by atoms with Crippen LogP contribution in [-0.4, -0.2) is 10.0 Å². The van der Waals surface area contributed by atoms with Gasteiger partial charge in [-0.3, -0.25) is 10.1 Å². The Morgan fingerprint density at radius 1 is 0.765 bits per heavy atom. The third kappa shape index (κ3) is 5.36. The number of para-hydroxylation sites is 3. The second-order valence-electron chi connectivity index (χ2n) is 7.26. The Balaban J connectivity index is 1.80. The van der Waals surface area contributed by atoms with Crippen LogP contribution >= 0.6 is 7.60 Å². The van der Waals surface area contributed by atoms with Gasteiger partial charge in [-0.1, -0.05) is 54.6 Å². The van der Waals surface area contributed by atoms with Crippen molar-refractivity contribution in [1.82, 2.24) is 0 Å². The summed E-state index contributed by atoms with van der Waals surface area (Å²) in [7, 11) is -4.12. The van der Waals surface area contributed by atoms with Gasteiger partial charge in [0.2, 0.25) is 0 Å². The zero-order valence-corrected chi connectivity index (χ0v) is 18.7. The fourth-order valence-electron chi connectivity index (χ4n) is 3.26. The second kappa shape index (κ2) is 10.1. The van der Waals surface area contributed by atoms with E-state index in [2.05, 4.69) is 5.32 Å². The molecule has 9 heteroatoms. The molecule has 0 amide bonds. The number of hydrogen-bond acceptors (Lipinski definition) is 7. The van der Waals surface area contributed by atoms with Crippen LogP contribution in [0.4, 0.5) is 11.4 Å². The van der Waals surface area contributed by atoms with Gasteiger partial charge in [0.05, 0.1) is 4.92 Å². The lowest BCUT2D eigenvalue weighted by molar-refractivity contribution is -0.384. The Kier molecular flexibility index (Phi) is 6.80. The maximum atomic E-state index is 14.5. The summed E-state index contributed by atoms with van der Waals surface area (Å²) in [6, 6.07) is 29.2. The summed E-state index contributed by atoms with van der Waals surface area (Å²) >= 11 is 0. The second-order valence-corrected chi connectivity index (χ2v) is 9.22. The standard InChI is InChI=1S/C25H21N2O6P/c28-24-14-8-7-13-23(24)25(26-19-15-17-20(18-16-19)27(29)30)34(31,32-21-9-3-1-4-10-21)33-22-11-5-2-6-12-22/h1-18,25-26,28H. The first kappa shape index (κ1) is 22.9. The quantitative estimate of drug-likeness (QED) is 0.156. The molecule has 2 N–H and O–H groups in total. The molecule has 4 aromatic rings. The molecule has 0 heterocycles. The number of nitro groups is 1. The number of anilines is 1. The van der Waals surface area contributed by atoms with Crippen molar-refractivity contribution in [3.8, 4) is 17.2 Å². The van der Waals surface area contributed by atoms with Crippen LogP contribution in [0.3, 0.4) is 0 Å². The summed E-state index contributed by atoms with van der Waals surface area (Å²) in [5.41, 5.74) is 0.609. The minimum atomic E-state index is -4.12. The van der Waals surface area contributed by atoms with E-state index in [0.29, 0.717) is 17.2 Å². The summed E-state index contributed by atoms with van der Waals surface area (Å²) in [4.78, 5) is 10.5. The summed E-state index contributed by atoms with van der Waals surface area (Å²) in [5, 5.41) is 24.7. The van der Waals surface area contributed by atoms with Crippen LogP contribution in [0.2, 0.25) is 0 Å². The predicted molar refractivity (Wildman–Crippen MR) is 129 cm³/mol. The fourth-order valence-corrected chi connectivity index (χ4v) is 5.21. The van der Waals surface area contributed by atoms with Gasteiger partial charge in [0.25, 0.3) is 5.69 Å². The molecule has 0 spiro atoms. The number of nitrogens with one attached hydrogen (secondary N) is 1. The van der Waals surface area contributed by atoms with E-state index in [1.165, 1.54) is 30.3 Å². The largest absolute Gasteiger partial charge is 0.508 e. The minimum Gasteiger partial charge on any atom is -0.508 e. The highest BCUT2D eigenvalue weighted by Gasteiger charge is 2.42. The maximum Gasteiger partial charge on any atom is 0.457 e. The van der Waals surface area contributed by atoms with E-state index in [-0.39, 0.29) is 17.0 Å². The number of nitrogens with zero attached hydrogens (tertiary/aromatic N) is 1. The van der Waals surface area contributed by atoms with E-state index in [1.807, 2.05) is 0 Å². The van der Waals surface area contributed by atoms with E-state index in [4.69, 9.17) is 9.05 Å². The summed E-state index contributed by atoms with van der Waals surface area (Å²) in [6.45, 7) is 0. The van der Waals surface area contributed by atoms with Gasteiger partial charge >= 0.3 is 7.60 Å². The molecule has 4 rings (SSSR count). The zero-order chi connectivity index (χ0) is 24.0. The third-order valence-electron chi connectivity index (χ3n) is 4.88.